The van der Waals surface area contributed by atoms with Crippen molar-refractivity contribution in [2.75, 3.05) is 46.9 Å². The molecule has 0 bridgehead atoms. The number of rotatable bonds is 4. The van der Waals surface area contributed by atoms with Crippen LogP contribution in [0.3, 0.4) is 0 Å². The van der Waals surface area contributed by atoms with E-state index in [0.717, 1.165) is 5.56 Å². The number of ether oxygens (including phenoxy) is 2. The van der Waals surface area contributed by atoms with Crippen molar-refractivity contribution >= 4 is 11.8 Å². The standard InChI is InChI=1S/C27H30N4O4/c1-29-15-16-31(20-25(32)30(2)19-21-9-4-3-5-10-21)17-18-34-23-12-6-7-13-24(23)35-26-22(27(29)33)11-8-14-28-26/h3-14H,15-20H2,1-2H3. The van der Waals surface area contributed by atoms with Crippen LogP contribution in [-0.2, 0) is 11.3 Å². The van der Waals surface area contributed by atoms with Crippen LogP contribution in [0.2, 0.25) is 0 Å². The van der Waals surface area contributed by atoms with Crippen molar-refractivity contribution < 1.29 is 19.1 Å². The molecule has 3 aromatic rings. The summed E-state index contributed by atoms with van der Waals surface area (Å²) in [4.78, 5) is 35.8. The molecule has 0 unspecified atom stereocenters. The molecule has 4 rings (SSSR count). The Hall–Kier alpha value is -3.91. The van der Waals surface area contributed by atoms with Crippen molar-refractivity contribution in [2.45, 2.75) is 6.54 Å². The van der Waals surface area contributed by atoms with Crippen molar-refractivity contribution in [3.05, 3.63) is 84.1 Å². The molecular formula is C27H30N4O4. The largest absolute Gasteiger partial charge is 0.488 e. The highest BCUT2D eigenvalue weighted by molar-refractivity contribution is 5.96. The minimum atomic E-state index is -0.196. The van der Waals surface area contributed by atoms with Crippen LogP contribution in [0.5, 0.6) is 17.4 Å². The number of carbonyl (C=O) groups excluding carboxylic acids is 2. The van der Waals surface area contributed by atoms with Crippen molar-refractivity contribution in [3.63, 3.8) is 0 Å². The second-order valence-corrected chi connectivity index (χ2v) is 8.49. The molecule has 2 amide bonds. The Bertz CT molecular complexity index is 1150. The Morgan fingerprint density at radius 3 is 2.51 bits per heavy atom. The molecule has 0 aliphatic carbocycles. The van der Waals surface area contributed by atoms with Crippen LogP contribution >= 0.6 is 0 Å². The lowest BCUT2D eigenvalue weighted by atomic mass is 10.2. The number of hydrogen-bond donors (Lipinski definition) is 0. The summed E-state index contributed by atoms with van der Waals surface area (Å²) in [5.74, 6) is 1.07. The molecule has 0 N–H and O–H groups in total. The van der Waals surface area contributed by atoms with E-state index in [2.05, 4.69) is 4.98 Å². The highest BCUT2D eigenvalue weighted by atomic mass is 16.5. The van der Waals surface area contributed by atoms with Gasteiger partial charge < -0.3 is 19.3 Å². The van der Waals surface area contributed by atoms with E-state index < -0.39 is 0 Å². The highest BCUT2D eigenvalue weighted by Gasteiger charge is 2.22. The molecule has 1 aliphatic rings. The summed E-state index contributed by atoms with van der Waals surface area (Å²) in [5.41, 5.74) is 1.44. The minimum absolute atomic E-state index is 0.00503. The molecular weight excluding hydrogens is 444 g/mol. The number of nitrogens with zero attached hydrogens (tertiary/aromatic N) is 4. The van der Waals surface area contributed by atoms with Gasteiger partial charge in [0, 0.05) is 46.5 Å². The van der Waals surface area contributed by atoms with Crippen LogP contribution in [0.4, 0.5) is 0 Å². The summed E-state index contributed by atoms with van der Waals surface area (Å²) in [6, 6.07) is 20.6. The van der Waals surface area contributed by atoms with Gasteiger partial charge in [-0.1, -0.05) is 42.5 Å². The van der Waals surface area contributed by atoms with Crippen LogP contribution < -0.4 is 9.47 Å². The fourth-order valence-corrected chi connectivity index (χ4v) is 3.80. The molecule has 1 aliphatic heterocycles. The van der Waals surface area contributed by atoms with Crippen LogP contribution in [0, 0.1) is 0 Å². The van der Waals surface area contributed by atoms with Crippen molar-refractivity contribution in [3.8, 4) is 17.4 Å². The second kappa shape index (κ2) is 11.5. The average Bonchev–Trinajstić information content (AvgIpc) is 2.88. The summed E-state index contributed by atoms with van der Waals surface area (Å²) in [6.07, 6.45) is 1.59. The van der Waals surface area contributed by atoms with Gasteiger partial charge in [0.15, 0.2) is 11.5 Å². The van der Waals surface area contributed by atoms with Crippen LogP contribution in [0.25, 0.3) is 0 Å². The zero-order valence-electron chi connectivity index (χ0n) is 20.1. The number of amides is 2. The molecule has 182 valence electrons. The average molecular weight is 475 g/mol. The second-order valence-electron chi connectivity index (χ2n) is 8.49. The van der Waals surface area contributed by atoms with E-state index in [1.54, 1.807) is 48.3 Å². The topological polar surface area (TPSA) is 75.2 Å². The molecule has 2 heterocycles. The molecule has 0 saturated carbocycles. The van der Waals surface area contributed by atoms with Crippen molar-refractivity contribution in [1.82, 2.24) is 19.7 Å². The fraction of sp³-hybridized carbons (Fsp3) is 0.296. The molecule has 8 nitrogen and oxygen atoms in total. The van der Waals surface area contributed by atoms with E-state index in [1.807, 2.05) is 53.4 Å². The van der Waals surface area contributed by atoms with Gasteiger partial charge in [0.2, 0.25) is 11.8 Å². The Balaban J connectivity index is 1.51. The molecule has 35 heavy (non-hydrogen) atoms. The lowest BCUT2D eigenvalue weighted by molar-refractivity contribution is -0.131. The molecule has 1 aromatic heterocycles. The predicted octanol–water partition coefficient (Wildman–Crippen LogP) is 3.30. The van der Waals surface area contributed by atoms with Gasteiger partial charge in [-0.15, -0.1) is 0 Å². The van der Waals surface area contributed by atoms with Gasteiger partial charge in [0.1, 0.15) is 12.2 Å². The molecule has 0 spiro atoms. The van der Waals surface area contributed by atoms with E-state index in [0.29, 0.717) is 49.8 Å². The molecule has 0 radical (unpaired) electrons. The van der Waals surface area contributed by atoms with Gasteiger partial charge in [-0.2, -0.15) is 0 Å². The fourth-order valence-electron chi connectivity index (χ4n) is 3.80. The third-order valence-corrected chi connectivity index (χ3v) is 5.87. The minimum Gasteiger partial charge on any atom is -0.488 e. The number of aromatic nitrogens is 1. The Labute approximate surface area is 205 Å². The van der Waals surface area contributed by atoms with Gasteiger partial charge in [0.25, 0.3) is 5.91 Å². The normalized spacial score (nSPS) is 14.8. The first-order chi connectivity index (χ1) is 17.0. The third-order valence-electron chi connectivity index (χ3n) is 5.87. The molecule has 8 heteroatoms. The third kappa shape index (κ3) is 6.36. The van der Waals surface area contributed by atoms with Crippen LogP contribution in [0.1, 0.15) is 15.9 Å². The zero-order chi connectivity index (χ0) is 24.6. The van der Waals surface area contributed by atoms with Crippen LogP contribution in [0.15, 0.2) is 72.9 Å². The number of hydrogen-bond acceptors (Lipinski definition) is 6. The first-order valence-corrected chi connectivity index (χ1v) is 11.6. The Morgan fingerprint density at radius 2 is 1.71 bits per heavy atom. The maximum absolute atomic E-state index is 13.2. The van der Waals surface area contributed by atoms with E-state index in [1.165, 1.54) is 0 Å². The maximum Gasteiger partial charge on any atom is 0.259 e. The van der Waals surface area contributed by atoms with Crippen LogP contribution in [-0.4, -0.2) is 78.4 Å². The summed E-state index contributed by atoms with van der Waals surface area (Å²) in [6.45, 7) is 2.61. The van der Waals surface area contributed by atoms with E-state index in [4.69, 9.17) is 9.47 Å². The molecule has 0 atom stereocenters. The van der Waals surface area contributed by atoms with Crippen molar-refractivity contribution in [1.29, 1.82) is 0 Å². The SMILES string of the molecule is CN(Cc1ccccc1)C(=O)CN1CCOc2ccccc2Oc2ncccc2C(=O)N(C)CC1. The number of pyridine rings is 1. The van der Waals surface area contributed by atoms with E-state index >= 15 is 0 Å². The molecule has 2 aromatic carbocycles. The number of carbonyl (C=O) groups is 2. The monoisotopic (exact) mass is 474 g/mol. The van der Waals surface area contributed by atoms with Gasteiger partial charge in [0.05, 0.1) is 6.54 Å². The highest BCUT2D eigenvalue weighted by Crippen LogP contribution is 2.32. The number of likely N-dealkylation sites (N-methyl/N-ethyl adjacent to an activating group) is 2. The number of benzene rings is 2. The van der Waals surface area contributed by atoms with Gasteiger partial charge in [-0.05, 0) is 29.8 Å². The number of fused-ring (bicyclic) bond motifs is 2. The first-order valence-electron chi connectivity index (χ1n) is 11.6. The molecule has 0 fully saturated rings. The lowest BCUT2D eigenvalue weighted by Crippen LogP contribution is -2.43. The lowest BCUT2D eigenvalue weighted by Gasteiger charge is -2.27. The van der Waals surface area contributed by atoms with E-state index in [9.17, 15) is 9.59 Å². The summed E-state index contributed by atoms with van der Waals surface area (Å²) in [7, 11) is 3.55. The quantitative estimate of drug-likeness (QED) is 0.578. The van der Waals surface area contributed by atoms with E-state index in [-0.39, 0.29) is 24.2 Å². The summed E-state index contributed by atoms with van der Waals surface area (Å²) in [5, 5.41) is 0. The maximum atomic E-state index is 13.2. The Kier molecular flexibility index (Phi) is 7.95. The van der Waals surface area contributed by atoms with Gasteiger partial charge in [-0.3, -0.25) is 14.5 Å². The summed E-state index contributed by atoms with van der Waals surface area (Å²) < 4.78 is 12.0. The Morgan fingerprint density at radius 1 is 0.971 bits per heavy atom. The first kappa shape index (κ1) is 24.2. The molecule has 0 saturated heterocycles. The zero-order valence-corrected chi connectivity index (χ0v) is 20.1. The predicted molar refractivity (Wildman–Crippen MR) is 133 cm³/mol. The van der Waals surface area contributed by atoms with Gasteiger partial charge in [-0.25, -0.2) is 4.98 Å². The summed E-state index contributed by atoms with van der Waals surface area (Å²) >= 11 is 0. The van der Waals surface area contributed by atoms with Gasteiger partial charge >= 0.3 is 0 Å². The smallest absolute Gasteiger partial charge is 0.259 e. The number of para-hydroxylation sites is 2. The van der Waals surface area contributed by atoms with Crippen molar-refractivity contribution in [2.24, 2.45) is 0 Å².